The topological polar surface area (TPSA) is 66.8 Å². The SMILES string of the molecule is CC[C@H](C)C(=O)OCC[C@@H](O)/C=C/C=C\C#CC#C/C=C/CO. The Labute approximate surface area is 138 Å². The molecule has 0 saturated heterocycles. The Balaban J connectivity index is 3.96. The molecule has 0 radical (unpaired) electrons. The van der Waals surface area contributed by atoms with E-state index in [1.165, 1.54) is 12.2 Å². The smallest absolute Gasteiger partial charge is 0.308 e. The van der Waals surface area contributed by atoms with Crippen molar-refractivity contribution in [2.45, 2.75) is 32.8 Å². The number of hydrogen-bond donors (Lipinski definition) is 2. The van der Waals surface area contributed by atoms with Gasteiger partial charge in [0, 0.05) is 6.42 Å². The predicted molar refractivity (Wildman–Crippen MR) is 91.1 cm³/mol. The summed E-state index contributed by atoms with van der Waals surface area (Å²) < 4.78 is 5.06. The maximum absolute atomic E-state index is 11.4. The van der Waals surface area contributed by atoms with E-state index in [1.807, 2.05) is 13.8 Å². The van der Waals surface area contributed by atoms with Crippen molar-refractivity contribution < 1.29 is 19.7 Å². The molecular formula is C19H24O4. The molecule has 0 amide bonds. The molecule has 0 saturated carbocycles. The number of rotatable bonds is 8. The molecule has 0 aromatic heterocycles. The fourth-order valence-corrected chi connectivity index (χ4v) is 1.25. The molecule has 0 rings (SSSR count). The molecule has 124 valence electrons. The zero-order chi connectivity index (χ0) is 17.3. The van der Waals surface area contributed by atoms with Crippen LogP contribution < -0.4 is 0 Å². The zero-order valence-electron chi connectivity index (χ0n) is 13.7. The van der Waals surface area contributed by atoms with Crippen LogP contribution in [0, 0.1) is 29.6 Å². The van der Waals surface area contributed by atoms with Crippen LogP contribution in [0.3, 0.4) is 0 Å². The van der Waals surface area contributed by atoms with Gasteiger partial charge in [-0.15, -0.1) is 0 Å². The van der Waals surface area contributed by atoms with Crippen LogP contribution in [0.1, 0.15) is 26.7 Å². The standard InChI is InChI=1S/C19H24O4/c1-3-17(2)19(22)23-16-14-18(21)13-11-9-7-5-4-6-8-10-12-15-20/h7,9-13,17-18,20-21H,3,14-16H2,1-2H3/b9-7-,12-10+,13-11+/t17-,18-/m0/s1. The molecule has 0 heterocycles. The van der Waals surface area contributed by atoms with Crippen molar-refractivity contribution >= 4 is 5.97 Å². The van der Waals surface area contributed by atoms with E-state index in [1.54, 1.807) is 24.3 Å². The Morgan fingerprint density at radius 2 is 1.91 bits per heavy atom. The second-order valence-corrected chi connectivity index (χ2v) is 4.70. The maximum atomic E-state index is 11.4. The van der Waals surface area contributed by atoms with Crippen molar-refractivity contribution in [1.29, 1.82) is 0 Å². The molecule has 0 fully saturated rings. The zero-order valence-corrected chi connectivity index (χ0v) is 13.7. The molecule has 4 nitrogen and oxygen atoms in total. The molecule has 0 aromatic carbocycles. The highest BCUT2D eigenvalue weighted by Crippen LogP contribution is 2.04. The minimum absolute atomic E-state index is 0.0358. The summed E-state index contributed by atoms with van der Waals surface area (Å²) in [5.41, 5.74) is 0. The van der Waals surface area contributed by atoms with Crippen LogP contribution >= 0.6 is 0 Å². The summed E-state index contributed by atoms with van der Waals surface area (Å²) in [4.78, 5) is 11.4. The van der Waals surface area contributed by atoms with Crippen LogP contribution in [0.4, 0.5) is 0 Å². The molecular weight excluding hydrogens is 292 g/mol. The number of hydrogen-bond acceptors (Lipinski definition) is 4. The number of ether oxygens (including phenoxy) is 1. The monoisotopic (exact) mass is 316 g/mol. The molecule has 2 atom stereocenters. The van der Waals surface area contributed by atoms with Crippen molar-refractivity contribution in [3.63, 3.8) is 0 Å². The molecule has 4 heteroatoms. The quantitative estimate of drug-likeness (QED) is 0.408. The second kappa shape index (κ2) is 14.7. The van der Waals surface area contributed by atoms with Crippen LogP contribution in [-0.4, -0.2) is 35.5 Å². The van der Waals surface area contributed by atoms with Crippen LogP contribution in [-0.2, 0) is 9.53 Å². The molecule has 23 heavy (non-hydrogen) atoms. The first kappa shape index (κ1) is 20.7. The van der Waals surface area contributed by atoms with Gasteiger partial charge < -0.3 is 14.9 Å². The fraction of sp³-hybridized carbons (Fsp3) is 0.421. The highest BCUT2D eigenvalue weighted by atomic mass is 16.5. The van der Waals surface area contributed by atoms with E-state index < -0.39 is 6.10 Å². The van der Waals surface area contributed by atoms with E-state index in [0.717, 1.165) is 6.42 Å². The minimum atomic E-state index is -0.666. The van der Waals surface area contributed by atoms with E-state index in [2.05, 4.69) is 23.7 Å². The summed E-state index contributed by atoms with van der Waals surface area (Å²) in [5, 5.41) is 18.2. The first-order valence-electron chi connectivity index (χ1n) is 7.56. The van der Waals surface area contributed by atoms with Gasteiger partial charge in [0.1, 0.15) is 0 Å². The summed E-state index contributed by atoms with van der Waals surface area (Å²) in [6.07, 6.45) is 10.1. The highest BCUT2D eigenvalue weighted by molar-refractivity contribution is 5.71. The lowest BCUT2D eigenvalue weighted by atomic mass is 10.1. The summed E-state index contributed by atoms with van der Waals surface area (Å²) >= 11 is 0. The summed E-state index contributed by atoms with van der Waals surface area (Å²) in [7, 11) is 0. The van der Waals surface area contributed by atoms with Gasteiger partial charge in [-0.1, -0.05) is 50.0 Å². The largest absolute Gasteiger partial charge is 0.465 e. The number of carbonyl (C=O) groups is 1. The van der Waals surface area contributed by atoms with E-state index in [-0.39, 0.29) is 25.1 Å². The van der Waals surface area contributed by atoms with Gasteiger partial charge in [-0.05, 0) is 30.4 Å². The number of carbonyl (C=O) groups excluding carboxylic acids is 1. The molecule has 0 bridgehead atoms. The van der Waals surface area contributed by atoms with Gasteiger partial charge in [0.05, 0.1) is 25.2 Å². The van der Waals surface area contributed by atoms with Gasteiger partial charge in [-0.2, -0.15) is 0 Å². The third-order valence-electron chi connectivity index (χ3n) is 2.81. The fourth-order valence-electron chi connectivity index (χ4n) is 1.25. The number of esters is 1. The molecule has 0 aliphatic carbocycles. The summed E-state index contributed by atoms with van der Waals surface area (Å²) in [6, 6.07) is 0. The normalized spacial score (nSPS) is 13.4. The van der Waals surface area contributed by atoms with E-state index in [4.69, 9.17) is 9.84 Å². The number of allylic oxidation sites excluding steroid dienone is 4. The third-order valence-corrected chi connectivity index (χ3v) is 2.81. The summed E-state index contributed by atoms with van der Waals surface area (Å²) in [5.74, 6) is 10.2. The Morgan fingerprint density at radius 1 is 1.22 bits per heavy atom. The lowest BCUT2D eigenvalue weighted by molar-refractivity contribution is -0.148. The van der Waals surface area contributed by atoms with Gasteiger partial charge in [0.15, 0.2) is 0 Å². The van der Waals surface area contributed by atoms with Crippen LogP contribution in [0.25, 0.3) is 0 Å². The average Bonchev–Trinajstić information content (AvgIpc) is 2.55. The Kier molecular flexibility index (Phi) is 13.2. The van der Waals surface area contributed by atoms with Crippen molar-refractivity contribution in [3.8, 4) is 23.7 Å². The van der Waals surface area contributed by atoms with Gasteiger partial charge in [-0.25, -0.2) is 0 Å². The predicted octanol–water partition coefficient (Wildman–Crippen LogP) is 1.99. The van der Waals surface area contributed by atoms with Crippen LogP contribution in [0.2, 0.25) is 0 Å². The van der Waals surface area contributed by atoms with Crippen molar-refractivity contribution in [2.24, 2.45) is 5.92 Å². The van der Waals surface area contributed by atoms with Gasteiger partial charge in [0.25, 0.3) is 0 Å². The van der Waals surface area contributed by atoms with Gasteiger partial charge >= 0.3 is 5.97 Å². The number of aliphatic hydroxyl groups is 2. The molecule has 2 N–H and O–H groups in total. The van der Waals surface area contributed by atoms with Crippen molar-refractivity contribution in [1.82, 2.24) is 0 Å². The third kappa shape index (κ3) is 13.1. The number of aliphatic hydroxyl groups excluding tert-OH is 2. The Hall–Kier alpha value is -2.27. The Bertz CT molecular complexity index is 535. The molecule has 0 aliphatic heterocycles. The highest BCUT2D eigenvalue weighted by Gasteiger charge is 2.11. The summed E-state index contributed by atoms with van der Waals surface area (Å²) in [6.45, 7) is 3.91. The average molecular weight is 316 g/mol. The van der Waals surface area contributed by atoms with Crippen molar-refractivity contribution in [3.05, 3.63) is 36.5 Å². The van der Waals surface area contributed by atoms with Crippen molar-refractivity contribution in [2.75, 3.05) is 13.2 Å². The first-order chi connectivity index (χ1) is 11.1. The van der Waals surface area contributed by atoms with Gasteiger partial charge in [0.2, 0.25) is 0 Å². The lowest BCUT2D eigenvalue weighted by Gasteiger charge is -2.10. The second-order valence-electron chi connectivity index (χ2n) is 4.70. The molecule has 0 spiro atoms. The van der Waals surface area contributed by atoms with E-state index in [0.29, 0.717) is 6.42 Å². The van der Waals surface area contributed by atoms with E-state index >= 15 is 0 Å². The Morgan fingerprint density at radius 3 is 2.57 bits per heavy atom. The molecule has 0 aliphatic rings. The molecule has 0 unspecified atom stereocenters. The first-order valence-corrected chi connectivity index (χ1v) is 7.56. The van der Waals surface area contributed by atoms with Crippen LogP contribution in [0.5, 0.6) is 0 Å². The molecule has 0 aromatic rings. The van der Waals surface area contributed by atoms with Crippen LogP contribution in [0.15, 0.2) is 36.5 Å². The van der Waals surface area contributed by atoms with Gasteiger partial charge in [-0.3, -0.25) is 4.79 Å². The minimum Gasteiger partial charge on any atom is -0.465 e. The lowest BCUT2D eigenvalue weighted by Crippen LogP contribution is -2.17. The van der Waals surface area contributed by atoms with E-state index in [9.17, 15) is 9.90 Å². The maximum Gasteiger partial charge on any atom is 0.308 e.